The zero-order valence-corrected chi connectivity index (χ0v) is 16.4. The first kappa shape index (κ1) is 17.6. The van der Waals surface area contributed by atoms with Gasteiger partial charge in [-0.05, 0) is 35.9 Å². The van der Waals surface area contributed by atoms with Gasteiger partial charge in [0.1, 0.15) is 5.75 Å². The number of benzene rings is 3. The molecule has 3 aromatic rings. The second kappa shape index (κ2) is 7.17. The summed E-state index contributed by atoms with van der Waals surface area (Å²) in [6.45, 7) is 0. The van der Waals surface area contributed by atoms with Crippen LogP contribution < -0.4 is 14.2 Å². The van der Waals surface area contributed by atoms with Crippen LogP contribution in [0.1, 0.15) is 35.4 Å². The van der Waals surface area contributed by atoms with E-state index in [1.54, 1.807) is 14.2 Å². The maximum absolute atomic E-state index is 6.45. The summed E-state index contributed by atoms with van der Waals surface area (Å²) in [6, 6.07) is 24.4. The molecule has 0 radical (unpaired) electrons. The number of nitrogens with zero attached hydrogens (tertiary/aromatic N) is 2. The van der Waals surface area contributed by atoms with E-state index in [2.05, 4.69) is 35.3 Å². The zero-order valence-electron chi connectivity index (χ0n) is 16.4. The second-order valence-electron chi connectivity index (χ2n) is 7.13. The van der Waals surface area contributed by atoms with Crippen LogP contribution in [0.3, 0.4) is 0 Å². The number of hydrogen-bond acceptors (Lipinski definition) is 5. The summed E-state index contributed by atoms with van der Waals surface area (Å²) in [4.78, 5) is 0. The fraction of sp³-hybridized carbons (Fsp3) is 0.208. The first-order valence-corrected chi connectivity index (χ1v) is 9.67. The summed E-state index contributed by atoms with van der Waals surface area (Å²) in [5.74, 6) is 2.39. The van der Waals surface area contributed by atoms with E-state index < -0.39 is 0 Å². The van der Waals surface area contributed by atoms with Crippen molar-refractivity contribution in [1.29, 1.82) is 0 Å². The molecular weight excluding hydrogens is 364 g/mol. The lowest BCUT2D eigenvalue weighted by molar-refractivity contribution is -0.0209. The minimum Gasteiger partial charge on any atom is -0.497 e. The summed E-state index contributed by atoms with van der Waals surface area (Å²) in [6.07, 6.45) is 0.500. The Balaban J connectivity index is 1.59. The predicted molar refractivity (Wildman–Crippen MR) is 112 cm³/mol. The van der Waals surface area contributed by atoms with Crippen LogP contribution in [-0.4, -0.2) is 24.9 Å². The van der Waals surface area contributed by atoms with Crippen molar-refractivity contribution in [3.63, 3.8) is 0 Å². The Morgan fingerprint density at radius 3 is 2.41 bits per heavy atom. The molecule has 2 heterocycles. The molecule has 0 unspecified atom stereocenters. The summed E-state index contributed by atoms with van der Waals surface area (Å²) in [5, 5.41) is 7.07. The van der Waals surface area contributed by atoms with Crippen LogP contribution in [0.4, 0.5) is 0 Å². The van der Waals surface area contributed by atoms with Gasteiger partial charge in [-0.2, -0.15) is 5.10 Å². The van der Waals surface area contributed by atoms with Gasteiger partial charge in [-0.1, -0.05) is 42.5 Å². The molecule has 5 heteroatoms. The van der Waals surface area contributed by atoms with Gasteiger partial charge in [-0.3, -0.25) is 0 Å². The van der Waals surface area contributed by atoms with Crippen LogP contribution in [0.15, 0.2) is 77.9 Å². The summed E-state index contributed by atoms with van der Waals surface area (Å²) >= 11 is 0. The number of hydrazone groups is 1. The van der Waals surface area contributed by atoms with E-state index >= 15 is 0 Å². The molecule has 29 heavy (non-hydrogen) atoms. The predicted octanol–water partition coefficient (Wildman–Crippen LogP) is 4.95. The Hall–Kier alpha value is -3.47. The molecule has 0 saturated heterocycles. The van der Waals surface area contributed by atoms with E-state index in [1.807, 2.05) is 42.5 Å². The van der Waals surface area contributed by atoms with Crippen molar-refractivity contribution >= 4 is 5.71 Å². The highest BCUT2D eigenvalue weighted by atomic mass is 16.5. The normalized spacial score (nSPS) is 19.7. The lowest BCUT2D eigenvalue weighted by Crippen LogP contribution is -2.33. The highest BCUT2D eigenvalue weighted by Gasteiger charge is 2.42. The van der Waals surface area contributed by atoms with Crippen molar-refractivity contribution in [2.24, 2.45) is 5.10 Å². The Labute approximate surface area is 170 Å². The van der Waals surface area contributed by atoms with E-state index in [0.717, 1.165) is 46.1 Å². The molecule has 2 aliphatic heterocycles. The summed E-state index contributed by atoms with van der Waals surface area (Å²) < 4.78 is 17.3. The minimum absolute atomic E-state index is 0.0937. The summed E-state index contributed by atoms with van der Waals surface area (Å²) in [5.41, 5.74) is 4.30. The monoisotopic (exact) mass is 386 g/mol. The molecular formula is C24H22N2O3. The number of ether oxygens (including phenoxy) is 3. The third-order valence-electron chi connectivity index (χ3n) is 5.51. The van der Waals surface area contributed by atoms with Gasteiger partial charge in [-0.25, -0.2) is 5.01 Å². The highest BCUT2D eigenvalue weighted by Crippen LogP contribution is 2.50. The third-order valence-corrected chi connectivity index (χ3v) is 5.51. The lowest BCUT2D eigenvalue weighted by atomic mass is 9.95. The minimum atomic E-state index is -0.305. The van der Waals surface area contributed by atoms with Crippen molar-refractivity contribution in [2.75, 3.05) is 14.2 Å². The molecule has 0 amide bonds. The SMILES string of the molecule is COc1ccc(C2=NN3[C@H](C2)c2cccc(OC)c2O[C@@H]3c2ccccc2)cc1. The van der Waals surface area contributed by atoms with E-state index in [-0.39, 0.29) is 12.3 Å². The number of fused-ring (bicyclic) bond motifs is 3. The number of rotatable bonds is 4. The van der Waals surface area contributed by atoms with Crippen molar-refractivity contribution in [3.8, 4) is 17.2 Å². The molecule has 2 aliphatic rings. The van der Waals surface area contributed by atoms with Gasteiger partial charge < -0.3 is 14.2 Å². The lowest BCUT2D eigenvalue weighted by Gasteiger charge is -2.38. The Morgan fingerprint density at radius 2 is 1.69 bits per heavy atom. The largest absolute Gasteiger partial charge is 0.497 e. The van der Waals surface area contributed by atoms with Crippen molar-refractivity contribution in [3.05, 3.63) is 89.5 Å². The maximum Gasteiger partial charge on any atom is 0.214 e. The average Bonchev–Trinajstić information content (AvgIpc) is 3.24. The summed E-state index contributed by atoms with van der Waals surface area (Å²) in [7, 11) is 3.35. The van der Waals surface area contributed by atoms with Crippen molar-refractivity contribution in [2.45, 2.75) is 18.7 Å². The molecule has 0 aromatic heterocycles. The van der Waals surface area contributed by atoms with Gasteiger partial charge in [0.25, 0.3) is 0 Å². The van der Waals surface area contributed by atoms with Crippen molar-refractivity contribution < 1.29 is 14.2 Å². The van der Waals surface area contributed by atoms with Crippen LogP contribution in [0.2, 0.25) is 0 Å². The van der Waals surface area contributed by atoms with Gasteiger partial charge in [0.15, 0.2) is 11.5 Å². The quantitative estimate of drug-likeness (QED) is 0.637. The molecule has 3 aromatic carbocycles. The van der Waals surface area contributed by atoms with Gasteiger partial charge in [0, 0.05) is 17.5 Å². The smallest absolute Gasteiger partial charge is 0.214 e. The van der Waals surface area contributed by atoms with Crippen LogP contribution in [0, 0.1) is 0 Å². The van der Waals surface area contributed by atoms with Gasteiger partial charge in [-0.15, -0.1) is 0 Å². The topological polar surface area (TPSA) is 43.3 Å². The van der Waals surface area contributed by atoms with E-state index in [0.29, 0.717) is 0 Å². The van der Waals surface area contributed by atoms with E-state index in [4.69, 9.17) is 19.3 Å². The Morgan fingerprint density at radius 1 is 0.897 bits per heavy atom. The fourth-order valence-corrected chi connectivity index (χ4v) is 4.04. The maximum atomic E-state index is 6.45. The van der Waals surface area contributed by atoms with Gasteiger partial charge >= 0.3 is 0 Å². The Kier molecular flexibility index (Phi) is 4.35. The zero-order chi connectivity index (χ0) is 19.8. The third kappa shape index (κ3) is 2.99. The first-order chi connectivity index (χ1) is 14.3. The molecule has 0 bridgehead atoms. The number of para-hydroxylation sites is 1. The van der Waals surface area contributed by atoms with Gasteiger partial charge in [0.2, 0.25) is 6.23 Å². The second-order valence-corrected chi connectivity index (χ2v) is 7.13. The number of hydrogen-bond donors (Lipinski definition) is 0. The van der Waals surface area contributed by atoms with Gasteiger partial charge in [0.05, 0.1) is 26.0 Å². The molecule has 5 rings (SSSR count). The molecule has 0 fully saturated rings. The standard InChI is InChI=1S/C24H22N2O3/c1-27-18-13-11-16(12-14-18)20-15-21-19-9-6-10-22(28-2)23(19)29-24(26(21)25-20)17-7-4-3-5-8-17/h3-14,21,24H,15H2,1-2H3/t21-,24-/m1/s1. The molecule has 5 nitrogen and oxygen atoms in total. The molecule has 146 valence electrons. The molecule has 2 atom stereocenters. The van der Waals surface area contributed by atoms with E-state index in [9.17, 15) is 0 Å². The average molecular weight is 386 g/mol. The first-order valence-electron chi connectivity index (χ1n) is 9.67. The van der Waals surface area contributed by atoms with E-state index in [1.165, 1.54) is 0 Å². The molecule has 0 spiro atoms. The Bertz CT molecular complexity index is 1050. The molecule has 0 N–H and O–H groups in total. The van der Waals surface area contributed by atoms with Crippen LogP contribution in [0.5, 0.6) is 17.2 Å². The number of methoxy groups -OCH3 is 2. The molecule has 0 aliphatic carbocycles. The van der Waals surface area contributed by atoms with Crippen LogP contribution in [0.25, 0.3) is 0 Å². The van der Waals surface area contributed by atoms with Crippen LogP contribution >= 0.6 is 0 Å². The fourth-order valence-electron chi connectivity index (χ4n) is 4.04. The van der Waals surface area contributed by atoms with Crippen LogP contribution in [-0.2, 0) is 0 Å². The van der Waals surface area contributed by atoms with Crippen molar-refractivity contribution in [1.82, 2.24) is 5.01 Å². The molecule has 0 saturated carbocycles. The highest BCUT2D eigenvalue weighted by molar-refractivity contribution is 6.02.